The highest BCUT2D eigenvalue weighted by Crippen LogP contribution is 2.48. The van der Waals surface area contributed by atoms with Crippen LogP contribution in [0, 0.1) is 17.8 Å². The fourth-order valence-electron chi connectivity index (χ4n) is 3.41. The molecule has 17 heavy (non-hydrogen) atoms. The molecule has 0 amide bonds. The minimum absolute atomic E-state index is 0.453. The van der Waals surface area contributed by atoms with Gasteiger partial charge in [-0.1, -0.05) is 31.6 Å². The van der Waals surface area contributed by atoms with Crippen LogP contribution >= 0.6 is 0 Å². The zero-order chi connectivity index (χ0) is 12.6. The van der Waals surface area contributed by atoms with E-state index < -0.39 is 5.60 Å². The maximum atomic E-state index is 9.22. The molecule has 96 valence electrons. The predicted octanol–water partition coefficient (Wildman–Crippen LogP) is 4.19. The van der Waals surface area contributed by atoms with Crippen molar-refractivity contribution in [2.45, 2.75) is 52.6 Å². The molecule has 0 unspecified atom stereocenters. The smallest absolute Gasteiger partial charge is 0.122 e. The van der Waals surface area contributed by atoms with Crippen LogP contribution in [0.2, 0.25) is 0 Å². The Bertz CT molecular complexity index is 354. The third-order valence-electron chi connectivity index (χ3n) is 4.55. The van der Waals surface area contributed by atoms with Crippen LogP contribution in [-0.2, 0) is 4.89 Å². The molecule has 2 heteroatoms. The van der Waals surface area contributed by atoms with Crippen LogP contribution in [0.4, 0.5) is 0 Å². The largest absolute Gasteiger partial charge is 0.251 e. The first-order chi connectivity index (χ1) is 7.98. The van der Waals surface area contributed by atoms with Crippen molar-refractivity contribution in [2.75, 3.05) is 0 Å². The Hall–Kier alpha value is -0.600. The van der Waals surface area contributed by atoms with Crippen molar-refractivity contribution in [2.24, 2.45) is 17.8 Å². The number of allylic oxidation sites excluding steroid dienone is 3. The molecule has 2 rings (SSSR count). The second-order valence-electron chi connectivity index (χ2n) is 6.17. The lowest BCUT2D eigenvalue weighted by Crippen LogP contribution is -2.43. The van der Waals surface area contributed by atoms with Crippen molar-refractivity contribution >= 4 is 0 Å². The van der Waals surface area contributed by atoms with E-state index in [1.54, 1.807) is 0 Å². The van der Waals surface area contributed by atoms with Gasteiger partial charge in [-0.15, -0.1) is 0 Å². The van der Waals surface area contributed by atoms with Gasteiger partial charge in [-0.2, -0.15) is 0 Å². The minimum Gasteiger partial charge on any atom is -0.251 e. The predicted molar refractivity (Wildman–Crippen MR) is 69.6 cm³/mol. The van der Waals surface area contributed by atoms with E-state index in [4.69, 9.17) is 4.89 Å². The first-order valence-electron chi connectivity index (χ1n) is 6.68. The molecule has 0 heterocycles. The summed E-state index contributed by atoms with van der Waals surface area (Å²) in [6.45, 7) is 8.79. The molecule has 0 aromatic rings. The van der Waals surface area contributed by atoms with Gasteiger partial charge < -0.3 is 0 Å². The van der Waals surface area contributed by atoms with Gasteiger partial charge in [-0.3, -0.25) is 5.26 Å². The van der Waals surface area contributed by atoms with Gasteiger partial charge in [0.15, 0.2) is 0 Å². The van der Waals surface area contributed by atoms with Crippen molar-refractivity contribution < 1.29 is 10.1 Å². The Kier molecular flexibility index (Phi) is 3.46. The Balaban J connectivity index is 2.34. The van der Waals surface area contributed by atoms with E-state index in [-0.39, 0.29) is 0 Å². The van der Waals surface area contributed by atoms with Crippen molar-refractivity contribution in [1.29, 1.82) is 0 Å². The second kappa shape index (κ2) is 4.58. The van der Waals surface area contributed by atoms with Crippen molar-refractivity contribution in [3.8, 4) is 0 Å². The molecule has 0 spiro atoms. The molecular weight excluding hydrogens is 212 g/mol. The number of rotatable bonds is 2. The summed E-state index contributed by atoms with van der Waals surface area (Å²) < 4.78 is 0. The SMILES string of the molecule is CC1=C[C@@H]2C(=CC1)[C@](C)(OO)CC[C@@H]2C(C)C. The Morgan fingerprint density at radius 2 is 2.18 bits per heavy atom. The fourth-order valence-corrected chi connectivity index (χ4v) is 3.41. The normalized spacial score (nSPS) is 37.5. The molecule has 2 nitrogen and oxygen atoms in total. The first kappa shape index (κ1) is 12.8. The van der Waals surface area contributed by atoms with Crippen LogP contribution in [-0.4, -0.2) is 10.9 Å². The summed E-state index contributed by atoms with van der Waals surface area (Å²) in [6.07, 6.45) is 7.69. The lowest BCUT2D eigenvalue weighted by molar-refractivity contribution is -0.313. The lowest BCUT2D eigenvalue weighted by atomic mass is 9.63. The molecule has 0 aliphatic heterocycles. The summed E-state index contributed by atoms with van der Waals surface area (Å²) in [5, 5.41) is 9.22. The van der Waals surface area contributed by atoms with Crippen molar-refractivity contribution in [3.63, 3.8) is 0 Å². The van der Waals surface area contributed by atoms with Crippen LogP contribution < -0.4 is 0 Å². The van der Waals surface area contributed by atoms with Gasteiger partial charge in [0.2, 0.25) is 0 Å². The van der Waals surface area contributed by atoms with Crippen LogP contribution in [0.5, 0.6) is 0 Å². The number of fused-ring (bicyclic) bond motifs is 1. The molecule has 0 saturated heterocycles. The highest BCUT2D eigenvalue weighted by Gasteiger charge is 2.44. The molecule has 3 atom stereocenters. The minimum atomic E-state index is -0.465. The highest BCUT2D eigenvalue weighted by atomic mass is 17.1. The summed E-state index contributed by atoms with van der Waals surface area (Å²) in [6, 6.07) is 0. The van der Waals surface area contributed by atoms with E-state index in [1.165, 1.54) is 11.1 Å². The van der Waals surface area contributed by atoms with Gasteiger partial charge >= 0.3 is 0 Å². The molecule has 1 fully saturated rings. The topological polar surface area (TPSA) is 29.5 Å². The van der Waals surface area contributed by atoms with E-state index >= 15 is 0 Å². The Morgan fingerprint density at radius 3 is 2.76 bits per heavy atom. The summed E-state index contributed by atoms with van der Waals surface area (Å²) in [5.74, 6) is 1.81. The molecule has 1 saturated carbocycles. The monoisotopic (exact) mass is 236 g/mol. The standard InChI is InChI=1S/C15H24O2/c1-10(2)12-7-8-15(4,17-16)14-6-5-11(3)9-13(12)14/h6,9-10,12-13,16H,5,7-8H2,1-4H3/t12-,13+,15-/m1/s1. The maximum absolute atomic E-state index is 9.22. The molecule has 0 aromatic heterocycles. The fraction of sp³-hybridized carbons (Fsp3) is 0.733. The zero-order valence-corrected chi connectivity index (χ0v) is 11.4. The van der Waals surface area contributed by atoms with Crippen molar-refractivity contribution in [3.05, 3.63) is 23.3 Å². The van der Waals surface area contributed by atoms with Gasteiger partial charge in [0.25, 0.3) is 0 Å². The maximum Gasteiger partial charge on any atom is 0.122 e. The second-order valence-corrected chi connectivity index (χ2v) is 6.17. The lowest BCUT2D eigenvalue weighted by Gasteiger charge is -2.45. The van der Waals surface area contributed by atoms with Crippen LogP contribution in [0.15, 0.2) is 23.3 Å². The summed E-state index contributed by atoms with van der Waals surface area (Å²) in [4.78, 5) is 4.81. The summed E-state index contributed by atoms with van der Waals surface area (Å²) in [7, 11) is 0. The highest BCUT2D eigenvalue weighted by molar-refractivity contribution is 5.33. The van der Waals surface area contributed by atoms with Gasteiger partial charge in [0, 0.05) is 5.92 Å². The Morgan fingerprint density at radius 1 is 1.47 bits per heavy atom. The molecule has 0 radical (unpaired) electrons. The van der Waals surface area contributed by atoms with Crippen LogP contribution in [0.25, 0.3) is 0 Å². The number of hydrogen-bond acceptors (Lipinski definition) is 2. The number of hydrogen-bond donors (Lipinski definition) is 1. The van der Waals surface area contributed by atoms with Gasteiger partial charge in [-0.25, -0.2) is 4.89 Å². The van der Waals surface area contributed by atoms with Crippen LogP contribution in [0.1, 0.15) is 47.0 Å². The average Bonchev–Trinajstić information content (AvgIpc) is 2.28. The zero-order valence-electron chi connectivity index (χ0n) is 11.4. The average molecular weight is 236 g/mol. The quantitative estimate of drug-likeness (QED) is 0.442. The molecule has 1 N–H and O–H groups in total. The summed E-state index contributed by atoms with van der Waals surface area (Å²) >= 11 is 0. The molecular formula is C15H24O2. The molecule has 2 aliphatic rings. The van der Waals surface area contributed by atoms with E-state index in [0.29, 0.717) is 17.8 Å². The van der Waals surface area contributed by atoms with E-state index in [2.05, 4.69) is 32.9 Å². The molecule has 0 bridgehead atoms. The van der Waals surface area contributed by atoms with Crippen molar-refractivity contribution in [1.82, 2.24) is 0 Å². The third-order valence-corrected chi connectivity index (χ3v) is 4.55. The first-order valence-corrected chi connectivity index (χ1v) is 6.68. The van der Waals surface area contributed by atoms with E-state index in [1.807, 2.05) is 6.92 Å². The molecule has 0 aromatic carbocycles. The van der Waals surface area contributed by atoms with Gasteiger partial charge in [-0.05, 0) is 50.5 Å². The summed E-state index contributed by atoms with van der Waals surface area (Å²) in [5.41, 5.74) is 2.26. The van der Waals surface area contributed by atoms with Gasteiger partial charge in [0.05, 0.1) is 0 Å². The third kappa shape index (κ3) is 2.21. The van der Waals surface area contributed by atoms with E-state index in [0.717, 1.165) is 19.3 Å². The Labute approximate surface area is 104 Å². The van der Waals surface area contributed by atoms with E-state index in [9.17, 15) is 5.26 Å². The van der Waals surface area contributed by atoms with Crippen LogP contribution in [0.3, 0.4) is 0 Å². The van der Waals surface area contributed by atoms with Gasteiger partial charge in [0.1, 0.15) is 5.60 Å². The molecule has 2 aliphatic carbocycles.